The molecule has 21 heavy (non-hydrogen) atoms. The first-order valence-corrected chi connectivity index (χ1v) is 6.52. The molecule has 7 nitrogen and oxygen atoms in total. The number of nitrogens with zero attached hydrogens (tertiary/aromatic N) is 2. The molecule has 114 valence electrons. The zero-order valence-corrected chi connectivity index (χ0v) is 12.2. The Morgan fingerprint density at radius 1 is 1.29 bits per heavy atom. The van der Waals surface area contributed by atoms with E-state index in [0.717, 1.165) is 5.56 Å². The van der Waals surface area contributed by atoms with Crippen molar-refractivity contribution in [1.29, 1.82) is 0 Å². The van der Waals surface area contributed by atoms with E-state index in [4.69, 9.17) is 19.7 Å². The van der Waals surface area contributed by atoms with Crippen LogP contribution in [0, 0.1) is 0 Å². The van der Waals surface area contributed by atoms with Gasteiger partial charge in [0.2, 0.25) is 5.89 Å². The second kappa shape index (κ2) is 6.55. The van der Waals surface area contributed by atoms with Gasteiger partial charge in [0.05, 0.1) is 20.3 Å². The van der Waals surface area contributed by atoms with Crippen molar-refractivity contribution in [3.63, 3.8) is 0 Å². The van der Waals surface area contributed by atoms with Gasteiger partial charge >= 0.3 is 0 Å². The first-order chi connectivity index (χ1) is 10.0. The molecule has 0 unspecified atom stereocenters. The second-order valence-corrected chi connectivity index (χ2v) is 4.68. The normalized spacial score (nSPS) is 13.8. The van der Waals surface area contributed by atoms with Crippen molar-refractivity contribution in [2.45, 2.75) is 25.5 Å². The van der Waals surface area contributed by atoms with Gasteiger partial charge in [0.25, 0.3) is 0 Å². The molecule has 0 fully saturated rings. The molecular formula is C14H19N3O4. The number of aromatic nitrogens is 2. The Balaban J connectivity index is 2.15. The number of nitrogens with two attached hydrogens (primary N) is 1. The standard InChI is InChI=1S/C14H19N3O4/c1-8(18)13(15)14-16-12(17-21-14)7-9-4-5-10(19-2)11(6-9)20-3/h4-6,8,13,18H,7,15H2,1-3H3/t8-,13+/m1/s1. The molecule has 2 atom stereocenters. The molecule has 1 aromatic heterocycles. The van der Waals surface area contributed by atoms with Crippen molar-refractivity contribution in [1.82, 2.24) is 10.1 Å². The predicted octanol–water partition coefficient (Wildman–Crippen LogP) is 1.06. The van der Waals surface area contributed by atoms with Crippen molar-refractivity contribution in [3.05, 3.63) is 35.5 Å². The molecular weight excluding hydrogens is 274 g/mol. The number of aliphatic hydroxyl groups is 1. The lowest BCUT2D eigenvalue weighted by atomic mass is 10.1. The number of ether oxygens (including phenoxy) is 2. The van der Waals surface area contributed by atoms with Gasteiger partial charge in [-0.2, -0.15) is 4.98 Å². The third kappa shape index (κ3) is 3.50. The number of hydrogen-bond acceptors (Lipinski definition) is 7. The minimum absolute atomic E-state index is 0.223. The van der Waals surface area contributed by atoms with Gasteiger partial charge in [-0.05, 0) is 24.6 Å². The minimum atomic E-state index is -0.751. The molecule has 1 heterocycles. The summed E-state index contributed by atoms with van der Waals surface area (Å²) in [5, 5.41) is 13.3. The van der Waals surface area contributed by atoms with Crippen LogP contribution >= 0.6 is 0 Å². The molecule has 2 aromatic rings. The summed E-state index contributed by atoms with van der Waals surface area (Å²) >= 11 is 0. The Hall–Kier alpha value is -2.12. The molecule has 0 amide bonds. The Labute approximate surface area is 122 Å². The molecule has 0 bridgehead atoms. The minimum Gasteiger partial charge on any atom is -0.493 e. The lowest BCUT2D eigenvalue weighted by Gasteiger charge is -2.09. The third-order valence-corrected chi connectivity index (χ3v) is 3.10. The lowest BCUT2D eigenvalue weighted by Crippen LogP contribution is -2.23. The smallest absolute Gasteiger partial charge is 0.246 e. The number of benzene rings is 1. The van der Waals surface area contributed by atoms with E-state index < -0.39 is 12.1 Å². The van der Waals surface area contributed by atoms with Gasteiger partial charge in [0.1, 0.15) is 6.04 Å². The molecule has 7 heteroatoms. The van der Waals surface area contributed by atoms with Crippen LogP contribution in [0.2, 0.25) is 0 Å². The maximum absolute atomic E-state index is 9.42. The van der Waals surface area contributed by atoms with Gasteiger partial charge in [0.15, 0.2) is 17.3 Å². The summed E-state index contributed by atoms with van der Waals surface area (Å²) in [7, 11) is 3.16. The van der Waals surface area contributed by atoms with Gasteiger partial charge in [-0.3, -0.25) is 0 Å². The van der Waals surface area contributed by atoms with Gasteiger partial charge in [-0.1, -0.05) is 11.2 Å². The van der Waals surface area contributed by atoms with Crippen LogP contribution in [-0.2, 0) is 6.42 Å². The summed E-state index contributed by atoms with van der Waals surface area (Å²) in [6.45, 7) is 1.57. The van der Waals surface area contributed by atoms with Gasteiger partial charge in [-0.25, -0.2) is 0 Å². The van der Waals surface area contributed by atoms with Crippen LogP contribution in [0.25, 0.3) is 0 Å². The maximum Gasteiger partial charge on any atom is 0.246 e. The third-order valence-electron chi connectivity index (χ3n) is 3.10. The molecule has 0 saturated carbocycles. The van der Waals surface area contributed by atoms with Crippen LogP contribution in [0.4, 0.5) is 0 Å². The summed E-state index contributed by atoms with van der Waals surface area (Å²) in [5.41, 5.74) is 6.69. The zero-order valence-electron chi connectivity index (χ0n) is 12.2. The van der Waals surface area contributed by atoms with E-state index in [1.165, 1.54) is 0 Å². The first-order valence-electron chi connectivity index (χ1n) is 6.52. The van der Waals surface area contributed by atoms with E-state index in [2.05, 4.69) is 10.1 Å². The second-order valence-electron chi connectivity index (χ2n) is 4.68. The first kappa shape index (κ1) is 15.3. The van der Waals surface area contributed by atoms with Crippen LogP contribution in [0.15, 0.2) is 22.7 Å². The molecule has 0 radical (unpaired) electrons. The van der Waals surface area contributed by atoms with E-state index in [1.807, 2.05) is 18.2 Å². The highest BCUT2D eigenvalue weighted by atomic mass is 16.5. The summed E-state index contributed by atoms with van der Waals surface area (Å²) in [4.78, 5) is 4.19. The predicted molar refractivity (Wildman–Crippen MR) is 75.3 cm³/mol. The molecule has 0 aliphatic carbocycles. The van der Waals surface area contributed by atoms with Crippen molar-refractivity contribution < 1.29 is 19.1 Å². The summed E-state index contributed by atoms with van der Waals surface area (Å²) in [6.07, 6.45) is -0.282. The highest BCUT2D eigenvalue weighted by Gasteiger charge is 2.19. The van der Waals surface area contributed by atoms with Gasteiger partial charge in [0, 0.05) is 6.42 Å². The van der Waals surface area contributed by atoms with E-state index >= 15 is 0 Å². The Bertz CT molecular complexity index is 598. The molecule has 0 saturated heterocycles. The van der Waals surface area contributed by atoms with E-state index in [9.17, 15) is 5.11 Å². The summed E-state index contributed by atoms with van der Waals surface area (Å²) < 4.78 is 15.5. The fourth-order valence-electron chi connectivity index (χ4n) is 1.85. The fraction of sp³-hybridized carbons (Fsp3) is 0.429. The van der Waals surface area contributed by atoms with Crippen LogP contribution in [0.3, 0.4) is 0 Å². The molecule has 2 rings (SSSR count). The van der Waals surface area contributed by atoms with Crippen LogP contribution in [0.1, 0.15) is 30.2 Å². The zero-order chi connectivity index (χ0) is 15.4. The summed E-state index contributed by atoms with van der Waals surface area (Å²) in [5.74, 6) is 2.01. The van der Waals surface area contributed by atoms with Crippen molar-refractivity contribution in [2.24, 2.45) is 5.73 Å². The van der Waals surface area contributed by atoms with Crippen LogP contribution in [0.5, 0.6) is 11.5 Å². The van der Waals surface area contributed by atoms with E-state index in [1.54, 1.807) is 21.1 Å². The van der Waals surface area contributed by atoms with Gasteiger partial charge < -0.3 is 24.8 Å². The fourth-order valence-corrected chi connectivity index (χ4v) is 1.85. The van der Waals surface area contributed by atoms with E-state index in [0.29, 0.717) is 23.7 Å². The molecule has 3 N–H and O–H groups in total. The SMILES string of the molecule is COc1ccc(Cc2noc([C@@H](N)[C@@H](C)O)n2)cc1OC. The number of methoxy groups -OCH3 is 2. The Morgan fingerprint density at radius 2 is 2.00 bits per heavy atom. The lowest BCUT2D eigenvalue weighted by molar-refractivity contribution is 0.146. The Morgan fingerprint density at radius 3 is 2.62 bits per heavy atom. The average molecular weight is 293 g/mol. The van der Waals surface area contributed by atoms with E-state index in [-0.39, 0.29) is 5.89 Å². The van der Waals surface area contributed by atoms with Crippen molar-refractivity contribution in [3.8, 4) is 11.5 Å². The van der Waals surface area contributed by atoms with Crippen molar-refractivity contribution in [2.75, 3.05) is 14.2 Å². The molecule has 0 aliphatic rings. The maximum atomic E-state index is 9.42. The monoisotopic (exact) mass is 293 g/mol. The highest BCUT2D eigenvalue weighted by Crippen LogP contribution is 2.28. The summed E-state index contributed by atoms with van der Waals surface area (Å²) in [6, 6.07) is 4.88. The molecule has 0 aliphatic heterocycles. The van der Waals surface area contributed by atoms with Crippen LogP contribution in [-0.4, -0.2) is 35.6 Å². The molecule has 1 aromatic carbocycles. The van der Waals surface area contributed by atoms with Gasteiger partial charge in [-0.15, -0.1) is 0 Å². The Kier molecular flexibility index (Phi) is 4.77. The number of hydrogen-bond donors (Lipinski definition) is 2. The molecule has 0 spiro atoms. The highest BCUT2D eigenvalue weighted by molar-refractivity contribution is 5.43. The average Bonchev–Trinajstić information content (AvgIpc) is 2.94. The number of aliphatic hydroxyl groups excluding tert-OH is 1. The topological polar surface area (TPSA) is 104 Å². The number of rotatable bonds is 6. The van der Waals surface area contributed by atoms with Crippen LogP contribution < -0.4 is 15.2 Å². The quantitative estimate of drug-likeness (QED) is 0.820. The largest absolute Gasteiger partial charge is 0.493 e. The van der Waals surface area contributed by atoms with Crippen molar-refractivity contribution >= 4 is 0 Å².